The Labute approximate surface area is 188 Å². The third-order valence-electron chi connectivity index (χ3n) is 5.47. The lowest BCUT2D eigenvalue weighted by Crippen LogP contribution is -2.22. The standard InChI is InChI=1S/C26H30O6/c1-14(2)6-8-16-10-18(20(28)11-19(16)27)24-13-22(30)25-21(29)12-23(31-5)17(26(25)32-24)9-7-15(3)4/h6-7,10-12,24,27-29H,8-9,13H2,1-5H3/t24-/m0/s1. The molecule has 1 heterocycles. The van der Waals surface area contributed by atoms with E-state index in [2.05, 4.69) is 0 Å². The van der Waals surface area contributed by atoms with Gasteiger partial charge in [0, 0.05) is 23.3 Å². The van der Waals surface area contributed by atoms with Gasteiger partial charge in [-0.3, -0.25) is 4.79 Å². The zero-order valence-electron chi connectivity index (χ0n) is 19.2. The SMILES string of the molecule is COc1cc(O)c2c(c1CC=C(C)C)O[C@H](c1cc(CC=C(C)C)c(O)cc1O)CC2=O. The van der Waals surface area contributed by atoms with E-state index in [9.17, 15) is 20.1 Å². The first kappa shape index (κ1) is 23.3. The number of hydrogen-bond donors (Lipinski definition) is 3. The van der Waals surface area contributed by atoms with Crippen LogP contribution in [0.3, 0.4) is 0 Å². The molecule has 0 aromatic heterocycles. The fraction of sp³-hybridized carbons (Fsp3) is 0.346. The lowest BCUT2D eigenvalue weighted by molar-refractivity contribution is 0.0839. The summed E-state index contributed by atoms with van der Waals surface area (Å²) in [7, 11) is 1.50. The summed E-state index contributed by atoms with van der Waals surface area (Å²) in [6.45, 7) is 7.87. The van der Waals surface area contributed by atoms with Gasteiger partial charge in [0.15, 0.2) is 5.78 Å². The van der Waals surface area contributed by atoms with E-state index in [1.54, 1.807) is 6.07 Å². The molecule has 32 heavy (non-hydrogen) atoms. The smallest absolute Gasteiger partial charge is 0.174 e. The summed E-state index contributed by atoms with van der Waals surface area (Å²) >= 11 is 0. The quantitative estimate of drug-likeness (QED) is 0.513. The molecule has 0 saturated carbocycles. The highest BCUT2D eigenvalue weighted by Crippen LogP contribution is 2.47. The first-order valence-corrected chi connectivity index (χ1v) is 10.6. The predicted octanol–water partition coefficient (Wildman–Crippen LogP) is 5.54. The van der Waals surface area contributed by atoms with Crippen LogP contribution in [-0.2, 0) is 12.8 Å². The molecule has 3 rings (SSSR count). The van der Waals surface area contributed by atoms with Gasteiger partial charge in [-0.1, -0.05) is 23.3 Å². The molecule has 0 fully saturated rings. The minimum Gasteiger partial charge on any atom is -0.508 e. The summed E-state index contributed by atoms with van der Waals surface area (Å²) in [4.78, 5) is 13.0. The second-order valence-corrected chi connectivity index (χ2v) is 8.53. The molecule has 1 aliphatic rings. The summed E-state index contributed by atoms with van der Waals surface area (Å²) in [5.41, 5.74) is 4.01. The van der Waals surface area contributed by atoms with Crippen molar-refractivity contribution >= 4 is 5.78 Å². The Kier molecular flexibility index (Phi) is 6.82. The highest BCUT2D eigenvalue weighted by molar-refractivity contribution is 6.03. The molecule has 6 nitrogen and oxygen atoms in total. The van der Waals surface area contributed by atoms with Crippen molar-refractivity contribution in [3.63, 3.8) is 0 Å². The van der Waals surface area contributed by atoms with E-state index in [0.717, 1.165) is 11.1 Å². The van der Waals surface area contributed by atoms with E-state index >= 15 is 0 Å². The maximum absolute atomic E-state index is 13.0. The third-order valence-corrected chi connectivity index (χ3v) is 5.47. The molecule has 170 valence electrons. The van der Waals surface area contributed by atoms with Crippen LogP contribution in [0, 0.1) is 0 Å². The number of hydrogen-bond acceptors (Lipinski definition) is 6. The van der Waals surface area contributed by atoms with Crippen molar-refractivity contribution in [3.8, 4) is 28.7 Å². The number of carbonyl (C=O) groups excluding carboxylic acids is 1. The summed E-state index contributed by atoms with van der Waals surface area (Å²) in [5, 5.41) is 31.3. The summed E-state index contributed by atoms with van der Waals surface area (Å²) < 4.78 is 11.7. The molecule has 2 aromatic rings. The number of benzene rings is 2. The third kappa shape index (κ3) is 4.74. The normalized spacial score (nSPS) is 14.9. The molecule has 1 aliphatic heterocycles. The van der Waals surface area contributed by atoms with E-state index in [0.29, 0.717) is 35.3 Å². The zero-order chi connectivity index (χ0) is 23.6. The topological polar surface area (TPSA) is 96.2 Å². The van der Waals surface area contributed by atoms with Gasteiger partial charge in [-0.05, 0) is 52.2 Å². The van der Waals surface area contributed by atoms with Crippen LogP contribution < -0.4 is 9.47 Å². The Morgan fingerprint density at radius 3 is 2.28 bits per heavy atom. The lowest BCUT2D eigenvalue weighted by Gasteiger charge is -2.29. The van der Waals surface area contributed by atoms with Crippen LogP contribution in [0.5, 0.6) is 28.7 Å². The van der Waals surface area contributed by atoms with Crippen LogP contribution >= 0.6 is 0 Å². The lowest BCUT2D eigenvalue weighted by atomic mass is 9.91. The summed E-state index contributed by atoms with van der Waals surface area (Å²) in [5.74, 6) is 0.0383. The molecular weight excluding hydrogens is 408 g/mol. The van der Waals surface area contributed by atoms with E-state index < -0.39 is 6.10 Å². The number of methoxy groups -OCH3 is 1. The van der Waals surface area contributed by atoms with Crippen molar-refractivity contribution < 1.29 is 29.6 Å². The number of rotatable bonds is 6. The molecule has 0 amide bonds. The number of aromatic hydroxyl groups is 3. The molecule has 0 spiro atoms. The number of fused-ring (bicyclic) bond motifs is 1. The highest BCUT2D eigenvalue weighted by Gasteiger charge is 2.35. The monoisotopic (exact) mass is 438 g/mol. The van der Waals surface area contributed by atoms with Crippen molar-refractivity contribution in [3.05, 3.63) is 63.8 Å². The van der Waals surface area contributed by atoms with Gasteiger partial charge in [-0.15, -0.1) is 0 Å². The molecule has 0 radical (unpaired) electrons. The Morgan fingerprint density at radius 2 is 1.66 bits per heavy atom. The summed E-state index contributed by atoms with van der Waals surface area (Å²) in [6.07, 6.45) is 4.09. The fourth-order valence-electron chi connectivity index (χ4n) is 3.75. The molecule has 0 bridgehead atoms. The molecule has 2 aromatic carbocycles. The van der Waals surface area contributed by atoms with Crippen LogP contribution in [0.4, 0.5) is 0 Å². The van der Waals surface area contributed by atoms with Crippen molar-refractivity contribution in [1.82, 2.24) is 0 Å². The first-order valence-electron chi connectivity index (χ1n) is 10.6. The number of carbonyl (C=O) groups is 1. The first-order chi connectivity index (χ1) is 15.1. The molecule has 0 aliphatic carbocycles. The molecular formula is C26H30O6. The summed E-state index contributed by atoms with van der Waals surface area (Å²) in [6, 6.07) is 4.38. The zero-order valence-corrected chi connectivity index (χ0v) is 19.2. The molecule has 0 unspecified atom stereocenters. The minimum absolute atomic E-state index is 0.0187. The van der Waals surface area contributed by atoms with E-state index in [1.165, 1.54) is 19.2 Å². The fourth-order valence-corrected chi connectivity index (χ4v) is 3.75. The van der Waals surface area contributed by atoms with E-state index in [1.807, 2.05) is 39.8 Å². The second kappa shape index (κ2) is 9.39. The van der Waals surface area contributed by atoms with Gasteiger partial charge in [-0.2, -0.15) is 0 Å². The van der Waals surface area contributed by atoms with Gasteiger partial charge in [-0.25, -0.2) is 0 Å². The predicted molar refractivity (Wildman–Crippen MR) is 123 cm³/mol. The minimum atomic E-state index is -0.766. The maximum Gasteiger partial charge on any atom is 0.174 e. The highest BCUT2D eigenvalue weighted by atomic mass is 16.5. The van der Waals surface area contributed by atoms with Crippen LogP contribution in [0.15, 0.2) is 41.5 Å². The average molecular weight is 439 g/mol. The molecule has 0 saturated heterocycles. The van der Waals surface area contributed by atoms with Crippen LogP contribution in [-0.4, -0.2) is 28.2 Å². The largest absolute Gasteiger partial charge is 0.508 e. The van der Waals surface area contributed by atoms with Crippen molar-refractivity contribution in [2.75, 3.05) is 7.11 Å². The van der Waals surface area contributed by atoms with Crippen molar-refractivity contribution in [2.45, 2.75) is 53.1 Å². The van der Waals surface area contributed by atoms with Crippen LogP contribution in [0.1, 0.15) is 67.3 Å². The van der Waals surface area contributed by atoms with Crippen LogP contribution in [0.2, 0.25) is 0 Å². The van der Waals surface area contributed by atoms with Gasteiger partial charge < -0.3 is 24.8 Å². The van der Waals surface area contributed by atoms with Crippen molar-refractivity contribution in [1.29, 1.82) is 0 Å². The van der Waals surface area contributed by atoms with Gasteiger partial charge in [0.25, 0.3) is 0 Å². The van der Waals surface area contributed by atoms with E-state index in [4.69, 9.17) is 9.47 Å². The van der Waals surface area contributed by atoms with Gasteiger partial charge in [0.1, 0.15) is 40.4 Å². The Hall–Kier alpha value is -3.41. The van der Waals surface area contributed by atoms with Crippen LogP contribution in [0.25, 0.3) is 0 Å². The Bertz CT molecular complexity index is 1100. The molecule has 3 N–H and O–H groups in total. The number of phenols is 3. The molecule has 1 atom stereocenters. The van der Waals surface area contributed by atoms with Crippen molar-refractivity contribution in [2.24, 2.45) is 0 Å². The second-order valence-electron chi connectivity index (χ2n) is 8.53. The molecule has 6 heteroatoms. The van der Waals surface area contributed by atoms with Gasteiger partial charge >= 0.3 is 0 Å². The van der Waals surface area contributed by atoms with Gasteiger partial charge in [0.2, 0.25) is 0 Å². The Balaban J connectivity index is 2.10. The number of ether oxygens (including phenoxy) is 2. The van der Waals surface area contributed by atoms with Gasteiger partial charge in [0.05, 0.1) is 13.5 Å². The maximum atomic E-state index is 13.0. The number of phenolic OH excluding ortho intramolecular Hbond substituents is 3. The number of ketones is 1. The number of Topliss-reactive ketones (excluding diaryl/α,β-unsaturated/α-hetero) is 1. The Morgan fingerprint density at radius 1 is 1.00 bits per heavy atom. The van der Waals surface area contributed by atoms with E-state index in [-0.39, 0.29) is 40.8 Å². The number of allylic oxidation sites excluding steroid dienone is 4. The average Bonchev–Trinajstić information content (AvgIpc) is 2.71.